The molecule has 0 aliphatic carbocycles. The molecule has 5 nitrogen and oxygen atoms in total. The van der Waals surface area contributed by atoms with Gasteiger partial charge in [0.2, 0.25) is 5.91 Å². The maximum absolute atomic E-state index is 13.4. The standard InChI is InChI=1S/C25H28N2O3S/c1-18-9-8-10-23(15-18)27(31(29,30)24-11-6-5-7-12-24)17-25(28)26-21(4)22-14-13-19(2)20(3)16-22/h5-16,21H,17H2,1-4H3,(H,26,28)/t21-/m0/s1. The number of aryl methyl sites for hydroxylation is 3. The van der Waals surface area contributed by atoms with Gasteiger partial charge in [-0.15, -0.1) is 0 Å². The van der Waals surface area contributed by atoms with Gasteiger partial charge in [-0.05, 0) is 74.2 Å². The number of sulfonamides is 1. The minimum atomic E-state index is -3.91. The van der Waals surface area contributed by atoms with Crippen LogP contribution >= 0.6 is 0 Å². The molecule has 0 saturated carbocycles. The molecule has 1 amide bonds. The van der Waals surface area contributed by atoms with Crippen molar-refractivity contribution in [1.29, 1.82) is 0 Å². The van der Waals surface area contributed by atoms with E-state index >= 15 is 0 Å². The molecule has 0 unspecified atom stereocenters. The van der Waals surface area contributed by atoms with Crippen LogP contribution in [0.3, 0.4) is 0 Å². The highest BCUT2D eigenvalue weighted by atomic mass is 32.2. The van der Waals surface area contributed by atoms with Gasteiger partial charge in [0.05, 0.1) is 16.6 Å². The molecule has 0 radical (unpaired) electrons. The van der Waals surface area contributed by atoms with E-state index in [0.29, 0.717) is 5.69 Å². The first kappa shape index (κ1) is 22.6. The Kier molecular flexibility index (Phi) is 6.81. The van der Waals surface area contributed by atoms with E-state index in [1.807, 2.05) is 52.0 Å². The van der Waals surface area contributed by atoms with Gasteiger partial charge in [-0.25, -0.2) is 8.42 Å². The van der Waals surface area contributed by atoms with Crippen molar-refractivity contribution in [1.82, 2.24) is 5.32 Å². The largest absolute Gasteiger partial charge is 0.348 e. The molecule has 3 rings (SSSR count). The summed E-state index contributed by atoms with van der Waals surface area (Å²) in [7, 11) is -3.91. The topological polar surface area (TPSA) is 66.5 Å². The summed E-state index contributed by atoms with van der Waals surface area (Å²) in [6.45, 7) is 7.54. The van der Waals surface area contributed by atoms with Crippen LogP contribution in [0.4, 0.5) is 5.69 Å². The summed E-state index contributed by atoms with van der Waals surface area (Å²) in [4.78, 5) is 13.1. The number of rotatable bonds is 7. The summed E-state index contributed by atoms with van der Waals surface area (Å²) in [6, 6.07) is 21.1. The zero-order valence-corrected chi connectivity index (χ0v) is 19.1. The minimum absolute atomic E-state index is 0.145. The molecule has 6 heteroatoms. The summed E-state index contributed by atoms with van der Waals surface area (Å²) in [5, 5.41) is 2.94. The zero-order chi connectivity index (χ0) is 22.6. The molecule has 0 spiro atoms. The molecule has 0 bridgehead atoms. The van der Waals surface area contributed by atoms with Crippen LogP contribution in [0.25, 0.3) is 0 Å². The van der Waals surface area contributed by atoms with Crippen LogP contribution in [0.15, 0.2) is 77.7 Å². The highest BCUT2D eigenvalue weighted by Crippen LogP contribution is 2.24. The highest BCUT2D eigenvalue weighted by molar-refractivity contribution is 7.92. The minimum Gasteiger partial charge on any atom is -0.348 e. The average molecular weight is 437 g/mol. The van der Waals surface area contributed by atoms with Crippen LogP contribution in [-0.2, 0) is 14.8 Å². The summed E-state index contributed by atoms with van der Waals surface area (Å²) in [5.41, 5.74) is 4.67. The monoisotopic (exact) mass is 436 g/mol. The highest BCUT2D eigenvalue weighted by Gasteiger charge is 2.27. The van der Waals surface area contributed by atoms with Crippen molar-refractivity contribution in [2.45, 2.75) is 38.6 Å². The van der Waals surface area contributed by atoms with E-state index < -0.39 is 10.0 Å². The first-order chi connectivity index (χ1) is 14.7. The molecule has 31 heavy (non-hydrogen) atoms. The Morgan fingerprint density at radius 3 is 2.26 bits per heavy atom. The summed E-state index contributed by atoms with van der Waals surface area (Å²) in [5.74, 6) is -0.369. The molecule has 0 aromatic heterocycles. The van der Waals surface area contributed by atoms with Crippen LogP contribution in [-0.4, -0.2) is 20.9 Å². The lowest BCUT2D eigenvalue weighted by molar-refractivity contribution is -0.120. The third kappa shape index (κ3) is 5.33. The lowest BCUT2D eigenvalue weighted by Gasteiger charge is -2.25. The van der Waals surface area contributed by atoms with Crippen molar-refractivity contribution in [2.75, 3.05) is 10.8 Å². The second kappa shape index (κ2) is 9.35. The molecular formula is C25H28N2O3S. The Hall–Kier alpha value is -3.12. The zero-order valence-electron chi connectivity index (χ0n) is 18.3. The molecule has 162 valence electrons. The predicted molar refractivity (Wildman–Crippen MR) is 125 cm³/mol. The molecule has 1 atom stereocenters. The fourth-order valence-electron chi connectivity index (χ4n) is 3.35. The summed E-state index contributed by atoms with van der Waals surface area (Å²) < 4.78 is 27.9. The third-order valence-electron chi connectivity index (χ3n) is 5.32. The van der Waals surface area contributed by atoms with Crippen molar-refractivity contribution in [3.8, 4) is 0 Å². The Morgan fingerprint density at radius 2 is 1.61 bits per heavy atom. The van der Waals surface area contributed by atoms with Gasteiger partial charge in [-0.2, -0.15) is 0 Å². The number of carbonyl (C=O) groups is 1. The molecular weight excluding hydrogens is 408 g/mol. The molecule has 0 saturated heterocycles. The lowest BCUT2D eigenvalue weighted by atomic mass is 10.0. The van der Waals surface area contributed by atoms with E-state index in [-0.39, 0.29) is 23.4 Å². The number of amides is 1. The number of carbonyl (C=O) groups excluding carboxylic acids is 1. The second-order valence-corrected chi connectivity index (χ2v) is 9.66. The number of hydrogen-bond donors (Lipinski definition) is 1. The van der Waals surface area contributed by atoms with Gasteiger partial charge in [0, 0.05) is 0 Å². The Bertz CT molecular complexity index is 1170. The van der Waals surface area contributed by atoms with Crippen LogP contribution in [0.5, 0.6) is 0 Å². The first-order valence-electron chi connectivity index (χ1n) is 10.2. The van der Waals surface area contributed by atoms with Gasteiger partial charge >= 0.3 is 0 Å². The van der Waals surface area contributed by atoms with Crippen LogP contribution < -0.4 is 9.62 Å². The van der Waals surface area contributed by atoms with Crippen molar-refractivity contribution < 1.29 is 13.2 Å². The van der Waals surface area contributed by atoms with E-state index in [4.69, 9.17) is 0 Å². The Balaban J connectivity index is 1.88. The van der Waals surface area contributed by atoms with E-state index in [0.717, 1.165) is 21.0 Å². The normalized spacial score (nSPS) is 12.3. The maximum atomic E-state index is 13.4. The van der Waals surface area contributed by atoms with Crippen LogP contribution in [0, 0.1) is 20.8 Å². The smallest absolute Gasteiger partial charge is 0.264 e. The third-order valence-corrected chi connectivity index (χ3v) is 7.10. The van der Waals surface area contributed by atoms with E-state index in [9.17, 15) is 13.2 Å². The number of benzene rings is 3. The SMILES string of the molecule is Cc1cccc(N(CC(=O)N[C@@H](C)c2ccc(C)c(C)c2)S(=O)(=O)c2ccccc2)c1. The van der Waals surface area contributed by atoms with Gasteiger partial charge in [-0.3, -0.25) is 9.10 Å². The Labute approximate surface area is 184 Å². The maximum Gasteiger partial charge on any atom is 0.264 e. The summed E-state index contributed by atoms with van der Waals surface area (Å²) in [6.07, 6.45) is 0. The molecule has 3 aromatic carbocycles. The molecule has 1 N–H and O–H groups in total. The molecule has 0 aliphatic heterocycles. The lowest BCUT2D eigenvalue weighted by Crippen LogP contribution is -2.41. The van der Waals surface area contributed by atoms with Gasteiger partial charge < -0.3 is 5.32 Å². The number of nitrogens with one attached hydrogen (secondary N) is 1. The van der Waals surface area contributed by atoms with Crippen molar-refractivity contribution >= 4 is 21.6 Å². The van der Waals surface area contributed by atoms with Gasteiger partial charge in [0.1, 0.15) is 6.54 Å². The fraction of sp³-hybridized carbons (Fsp3) is 0.240. The van der Waals surface area contributed by atoms with E-state index in [1.165, 1.54) is 17.7 Å². The van der Waals surface area contributed by atoms with Gasteiger partial charge in [-0.1, -0.05) is 48.5 Å². The molecule has 0 aliphatic rings. The average Bonchev–Trinajstić information content (AvgIpc) is 2.74. The molecule has 0 heterocycles. The molecule has 3 aromatic rings. The van der Waals surface area contributed by atoms with E-state index in [2.05, 4.69) is 5.32 Å². The van der Waals surface area contributed by atoms with Crippen molar-refractivity contribution in [3.63, 3.8) is 0 Å². The predicted octanol–water partition coefficient (Wildman–Crippen LogP) is 4.68. The number of anilines is 1. The van der Waals surface area contributed by atoms with Gasteiger partial charge in [0.25, 0.3) is 10.0 Å². The number of hydrogen-bond acceptors (Lipinski definition) is 3. The van der Waals surface area contributed by atoms with Crippen molar-refractivity contribution in [3.05, 3.63) is 95.1 Å². The first-order valence-corrected chi connectivity index (χ1v) is 11.6. The number of nitrogens with zero attached hydrogens (tertiary/aromatic N) is 1. The Morgan fingerprint density at radius 1 is 0.903 bits per heavy atom. The quantitative estimate of drug-likeness (QED) is 0.585. The second-order valence-electron chi connectivity index (χ2n) is 7.80. The van der Waals surface area contributed by atoms with Gasteiger partial charge in [0.15, 0.2) is 0 Å². The van der Waals surface area contributed by atoms with E-state index in [1.54, 1.807) is 36.4 Å². The van der Waals surface area contributed by atoms with Crippen LogP contribution in [0.2, 0.25) is 0 Å². The fourth-order valence-corrected chi connectivity index (χ4v) is 4.79. The van der Waals surface area contributed by atoms with Crippen molar-refractivity contribution in [2.24, 2.45) is 0 Å². The van der Waals surface area contributed by atoms with Crippen LogP contribution in [0.1, 0.15) is 35.2 Å². The summed E-state index contributed by atoms with van der Waals surface area (Å²) >= 11 is 0. The molecule has 0 fully saturated rings.